The van der Waals surface area contributed by atoms with Crippen molar-refractivity contribution in [3.63, 3.8) is 0 Å². The number of carbonyl (C=O) groups excluding carboxylic acids is 4. The number of esters is 1. The van der Waals surface area contributed by atoms with E-state index in [9.17, 15) is 19.2 Å². The highest BCUT2D eigenvalue weighted by Crippen LogP contribution is 2.22. The van der Waals surface area contributed by atoms with Crippen LogP contribution in [-0.2, 0) is 32.0 Å². The summed E-state index contributed by atoms with van der Waals surface area (Å²) in [4.78, 5) is 58.7. The van der Waals surface area contributed by atoms with E-state index in [1.165, 1.54) is 11.3 Å². The van der Waals surface area contributed by atoms with E-state index in [0.717, 1.165) is 42.8 Å². The van der Waals surface area contributed by atoms with Crippen molar-refractivity contribution < 1.29 is 23.9 Å². The van der Waals surface area contributed by atoms with E-state index >= 15 is 0 Å². The molecule has 0 bridgehead atoms. The minimum absolute atomic E-state index is 0.00215. The lowest BCUT2D eigenvalue weighted by Crippen LogP contribution is -2.54. The average Bonchev–Trinajstić information content (AvgIpc) is 3.56. The monoisotopic (exact) mass is 697 g/mol. The minimum atomic E-state index is -0.582. The first-order valence-corrected chi connectivity index (χ1v) is 18.6. The molecule has 10 nitrogen and oxygen atoms in total. The van der Waals surface area contributed by atoms with Crippen LogP contribution in [0.2, 0.25) is 0 Å². The van der Waals surface area contributed by atoms with Gasteiger partial charge >= 0.3 is 5.97 Å². The molecular weight excluding hydrogens is 639 g/mol. The predicted molar refractivity (Wildman–Crippen MR) is 197 cm³/mol. The SMILES string of the molecule is CCOC(=O)C(C)=CC(Cc1ccccc1)NC(=O)c1csc(CCC(C(C)C)N(C)C(=O)C(NC(=O)CCCCCNC)C(C)CC)n1. The molecule has 1 heterocycles. The lowest BCUT2D eigenvalue weighted by atomic mass is 9.93. The Balaban J connectivity index is 2.09. The molecule has 3 amide bonds. The zero-order chi connectivity index (χ0) is 36.3. The number of ether oxygens (including phenoxy) is 1. The molecule has 0 fully saturated rings. The number of hydrogen-bond donors (Lipinski definition) is 3. The van der Waals surface area contributed by atoms with Crippen LogP contribution in [0.4, 0.5) is 0 Å². The molecule has 4 unspecified atom stereocenters. The Bertz CT molecular complexity index is 1340. The first-order chi connectivity index (χ1) is 23.4. The van der Waals surface area contributed by atoms with Crippen molar-refractivity contribution in [2.75, 3.05) is 27.2 Å². The highest BCUT2D eigenvalue weighted by molar-refractivity contribution is 7.09. The third-order valence-electron chi connectivity index (χ3n) is 8.84. The number of amides is 3. The summed E-state index contributed by atoms with van der Waals surface area (Å²) in [5.41, 5.74) is 1.76. The largest absolute Gasteiger partial charge is 0.463 e. The summed E-state index contributed by atoms with van der Waals surface area (Å²) in [7, 11) is 3.75. The van der Waals surface area contributed by atoms with Gasteiger partial charge in [0.15, 0.2) is 0 Å². The quantitative estimate of drug-likeness (QED) is 0.0816. The second-order valence-corrected chi connectivity index (χ2v) is 14.1. The highest BCUT2D eigenvalue weighted by atomic mass is 32.1. The second-order valence-electron chi connectivity index (χ2n) is 13.1. The number of thiazole rings is 1. The maximum atomic E-state index is 13.8. The number of nitrogens with one attached hydrogen (secondary N) is 3. The van der Waals surface area contributed by atoms with Gasteiger partial charge in [-0.05, 0) is 70.5 Å². The molecule has 0 radical (unpaired) electrons. The van der Waals surface area contributed by atoms with Gasteiger partial charge < -0.3 is 25.6 Å². The number of hydrogen-bond acceptors (Lipinski definition) is 8. The molecule has 1 aromatic heterocycles. The van der Waals surface area contributed by atoms with Gasteiger partial charge in [-0.25, -0.2) is 9.78 Å². The molecule has 272 valence electrons. The first-order valence-electron chi connectivity index (χ1n) is 17.8. The fourth-order valence-corrected chi connectivity index (χ4v) is 6.52. The lowest BCUT2D eigenvalue weighted by Gasteiger charge is -2.35. The molecule has 0 aliphatic rings. The van der Waals surface area contributed by atoms with Crippen molar-refractivity contribution in [1.29, 1.82) is 0 Å². The molecule has 0 aliphatic carbocycles. The van der Waals surface area contributed by atoms with Gasteiger partial charge in [-0.3, -0.25) is 14.4 Å². The van der Waals surface area contributed by atoms with Crippen LogP contribution in [0.3, 0.4) is 0 Å². The lowest BCUT2D eigenvalue weighted by molar-refractivity contribution is -0.139. The second kappa shape index (κ2) is 22.2. The predicted octanol–water partition coefficient (Wildman–Crippen LogP) is 5.72. The molecule has 0 saturated heterocycles. The molecule has 0 aliphatic heterocycles. The molecule has 2 rings (SSSR count). The number of nitrogens with zero attached hydrogens (tertiary/aromatic N) is 2. The molecule has 2 aromatic rings. The van der Waals surface area contributed by atoms with Crippen LogP contribution >= 0.6 is 11.3 Å². The van der Waals surface area contributed by atoms with Gasteiger partial charge in [-0.15, -0.1) is 11.3 Å². The van der Waals surface area contributed by atoms with Crippen LogP contribution in [0.15, 0.2) is 47.4 Å². The Hall–Kier alpha value is -3.57. The summed E-state index contributed by atoms with van der Waals surface area (Å²) >= 11 is 1.42. The Kier molecular flexibility index (Phi) is 18.9. The van der Waals surface area contributed by atoms with Gasteiger partial charge in [-0.2, -0.15) is 0 Å². The third kappa shape index (κ3) is 14.4. The van der Waals surface area contributed by atoms with Gasteiger partial charge in [0.1, 0.15) is 11.7 Å². The number of benzene rings is 1. The first kappa shape index (κ1) is 41.6. The summed E-state index contributed by atoms with van der Waals surface area (Å²) in [6.45, 7) is 12.9. The fourth-order valence-electron chi connectivity index (χ4n) is 5.73. The van der Waals surface area contributed by atoms with E-state index in [2.05, 4.69) is 34.8 Å². The smallest absolute Gasteiger partial charge is 0.333 e. The van der Waals surface area contributed by atoms with Gasteiger partial charge in [0.05, 0.1) is 17.7 Å². The molecule has 0 spiro atoms. The van der Waals surface area contributed by atoms with Crippen molar-refractivity contribution in [2.45, 2.75) is 111 Å². The van der Waals surface area contributed by atoms with Crippen LogP contribution < -0.4 is 16.0 Å². The van der Waals surface area contributed by atoms with E-state index in [0.29, 0.717) is 37.0 Å². The maximum Gasteiger partial charge on any atom is 0.333 e. The average molecular weight is 698 g/mol. The van der Waals surface area contributed by atoms with Crippen LogP contribution in [0.5, 0.6) is 0 Å². The van der Waals surface area contributed by atoms with E-state index in [-0.39, 0.29) is 42.2 Å². The summed E-state index contributed by atoms with van der Waals surface area (Å²) in [6.07, 6.45) is 7.46. The number of likely N-dealkylation sites (N-methyl/N-ethyl adjacent to an activating group) is 1. The normalized spacial score (nSPS) is 14.1. The standard InChI is InChI=1S/C38H59N5O5S/c1-9-27(5)35(42-33(44)19-15-12-16-22-39-7)37(46)43(8)32(26(3)4)20-21-34-41-31(25-49-34)36(45)40-30(23-28(6)38(47)48-10-2)24-29-17-13-11-14-18-29/h11,13-14,17-18,23,25-27,30,32,35,39H,9-10,12,15-16,19-22,24H2,1-8H3,(H,40,45)(H,42,44). The van der Waals surface area contributed by atoms with E-state index in [1.54, 1.807) is 30.2 Å². The summed E-state index contributed by atoms with van der Waals surface area (Å²) in [5, 5.41) is 11.8. The van der Waals surface area contributed by atoms with Gasteiger partial charge in [-0.1, -0.05) is 76.9 Å². The van der Waals surface area contributed by atoms with Crippen molar-refractivity contribution in [3.8, 4) is 0 Å². The fraction of sp³-hybridized carbons (Fsp3) is 0.605. The number of rotatable bonds is 22. The Labute approximate surface area is 297 Å². The van der Waals surface area contributed by atoms with Crippen molar-refractivity contribution in [1.82, 2.24) is 25.8 Å². The minimum Gasteiger partial charge on any atom is -0.463 e. The van der Waals surface area contributed by atoms with Gasteiger partial charge in [0, 0.05) is 36.9 Å². The van der Waals surface area contributed by atoms with Crippen molar-refractivity contribution in [2.24, 2.45) is 11.8 Å². The Morgan fingerprint density at radius 3 is 2.37 bits per heavy atom. The zero-order valence-electron chi connectivity index (χ0n) is 30.8. The molecule has 4 atom stereocenters. The topological polar surface area (TPSA) is 130 Å². The molecule has 3 N–H and O–H groups in total. The zero-order valence-corrected chi connectivity index (χ0v) is 31.7. The highest BCUT2D eigenvalue weighted by Gasteiger charge is 2.32. The van der Waals surface area contributed by atoms with E-state index < -0.39 is 18.1 Å². The molecule has 11 heteroatoms. The van der Waals surface area contributed by atoms with Crippen LogP contribution in [0.1, 0.15) is 101 Å². The van der Waals surface area contributed by atoms with E-state index in [1.807, 2.05) is 58.3 Å². The Morgan fingerprint density at radius 1 is 1.02 bits per heavy atom. The van der Waals surface area contributed by atoms with E-state index in [4.69, 9.17) is 4.74 Å². The van der Waals surface area contributed by atoms with Crippen molar-refractivity contribution >= 4 is 35.0 Å². The maximum absolute atomic E-state index is 13.8. The molecular formula is C38H59N5O5S. The Morgan fingerprint density at radius 2 is 1.73 bits per heavy atom. The molecule has 0 saturated carbocycles. The van der Waals surface area contributed by atoms with Gasteiger partial charge in [0.2, 0.25) is 11.8 Å². The van der Waals surface area contributed by atoms with Crippen molar-refractivity contribution in [3.05, 3.63) is 63.6 Å². The summed E-state index contributed by atoms with van der Waals surface area (Å²) in [6, 6.07) is 8.67. The number of aromatic nitrogens is 1. The van der Waals surface area contributed by atoms with Crippen LogP contribution in [-0.4, -0.2) is 78.9 Å². The van der Waals surface area contributed by atoms with Gasteiger partial charge in [0.25, 0.3) is 5.91 Å². The molecule has 1 aromatic carbocycles. The number of aryl methyl sites for hydroxylation is 1. The summed E-state index contributed by atoms with van der Waals surface area (Å²) < 4.78 is 5.14. The number of unbranched alkanes of at least 4 members (excludes halogenated alkanes) is 2. The van der Waals surface area contributed by atoms with Crippen LogP contribution in [0, 0.1) is 11.8 Å². The summed E-state index contributed by atoms with van der Waals surface area (Å²) in [5.74, 6) is -0.723. The van der Waals surface area contributed by atoms with Crippen LogP contribution in [0.25, 0.3) is 0 Å². The number of carbonyl (C=O) groups is 4. The molecule has 49 heavy (non-hydrogen) atoms. The third-order valence-corrected chi connectivity index (χ3v) is 9.75.